The standard InChI is InChI=1S/C10H18N2O2/c1-6(2)5-7-8(13)12-10(3,4)9(14)11-7/h6-7H,5H2,1-4H3,(H,11,14)(H,12,13). The van der Waals surface area contributed by atoms with Crippen molar-refractivity contribution in [2.75, 3.05) is 0 Å². The highest BCUT2D eigenvalue weighted by Gasteiger charge is 2.39. The van der Waals surface area contributed by atoms with E-state index < -0.39 is 5.54 Å². The molecule has 0 saturated carbocycles. The van der Waals surface area contributed by atoms with E-state index in [1.807, 2.05) is 13.8 Å². The second-order valence-corrected chi connectivity index (χ2v) is 4.77. The Morgan fingerprint density at radius 2 is 1.93 bits per heavy atom. The fraction of sp³-hybridized carbons (Fsp3) is 0.800. The topological polar surface area (TPSA) is 58.2 Å². The van der Waals surface area contributed by atoms with Crippen LogP contribution in [0.5, 0.6) is 0 Å². The van der Waals surface area contributed by atoms with E-state index in [4.69, 9.17) is 0 Å². The predicted molar refractivity (Wildman–Crippen MR) is 53.6 cm³/mol. The van der Waals surface area contributed by atoms with Crippen LogP contribution in [0, 0.1) is 5.92 Å². The SMILES string of the molecule is CC(C)CC1NC(=O)C(C)(C)NC1=O. The summed E-state index contributed by atoms with van der Waals surface area (Å²) in [6.07, 6.45) is 0.688. The molecule has 1 unspecified atom stereocenters. The molecule has 1 atom stereocenters. The van der Waals surface area contributed by atoms with Gasteiger partial charge in [0.1, 0.15) is 11.6 Å². The monoisotopic (exact) mass is 198 g/mol. The molecule has 2 N–H and O–H groups in total. The van der Waals surface area contributed by atoms with Gasteiger partial charge in [-0.05, 0) is 26.2 Å². The summed E-state index contributed by atoms with van der Waals surface area (Å²) in [5.41, 5.74) is -0.773. The third-order valence-corrected chi connectivity index (χ3v) is 2.33. The fourth-order valence-electron chi connectivity index (χ4n) is 1.49. The van der Waals surface area contributed by atoms with Crippen LogP contribution < -0.4 is 10.6 Å². The lowest BCUT2D eigenvalue weighted by molar-refractivity contribution is -0.140. The van der Waals surface area contributed by atoms with Gasteiger partial charge in [-0.2, -0.15) is 0 Å². The van der Waals surface area contributed by atoms with Gasteiger partial charge in [0, 0.05) is 0 Å². The number of rotatable bonds is 2. The van der Waals surface area contributed by atoms with Crippen LogP contribution in [0.25, 0.3) is 0 Å². The Labute approximate surface area is 84.4 Å². The molecule has 0 aliphatic carbocycles. The third kappa shape index (κ3) is 2.25. The molecular weight excluding hydrogens is 180 g/mol. The second-order valence-electron chi connectivity index (χ2n) is 4.77. The van der Waals surface area contributed by atoms with Crippen LogP contribution in [0.1, 0.15) is 34.1 Å². The number of nitrogens with one attached hydrogen (secondary N) is 2. The third-order valence-electron chi connectivity index (χ3n) is 2.33. The van der Waals surface area contributed by atoms with Crippen LogP contribution in [0.3, 0.4) is 0 Å². The summed E-state index contributed by atoms with van der Waals surface area (Å²) in [5.74, 6) is 0.207. The molecule has 0 spiro atoms. The van der Waals surface area contributed by atoms with E-state index in [1.165, 1.54) is 0 Å². The fourth-order valence-corrected chi connectivity index (χ4v) is 1.49. The molecule has 2 amide bonds. The van der Waals surface area contributed by atoms with Crippen LogP contribution in [0.2, 0.25) is 0 Å². The molecule has 1 aliphatic heterocycles. The molecule has 0 aromatic carbocycles. The van der Waals surface area contributed by atoms with Crippen molar-refractivity contribution in [1.82, 2.24) is 10.6 Å². The Kier molecular flexibility index (Phi) is 2.83. The number of piperazine rings is 1. The van der Waals surface area contributed by atoms with Gasteiger partial charge in [0.25, 0.3) is 0 Å². The number of hydrogen-bond donors (Lipinski definition) is 2. The average Bonchev–Trinajstić information content (AvgIpc) is 1.98. The van der Waals surface area contributed by atoms with Crippen molar-refractivity contribution in [3.8, 4) is 0 Å². The maximum atomic E-state index is 11.6. The van der Waals surface area contributed by atoms with Crippen LogP contribution in [0.15, 0.2) is 0 Å². The minimum absolute atomic E-state index is 0.0803. The van der Waals surface area contributed by atoms with Gasteiger partial charge in [0.15, 0.2) is 0 Å². The summed E-state index contributed by atoms with van der Waals surface area (Å²) >= 11 is 0. The van der Waals surface area contributed by atoms with Crippen molar-refractivity contribution in [2.45, 2.75) is 45.7 Å². The molecule has 0 aromatic rings. The van der Waals surface area contributed by atoms with Crippen molar-refractivity contribution in [1.29, 1.82) is 0 Å². The summed E-state index contributed by atoms with van der Waals surface area (Å²) < 4.78 is 0. The molecule has 4 heteroatoms. The van der Waals surface area contributed by atoms with Crippen LogP contribution in [0.4, 0.5) is 0 Å². The van der Waals surface area contributed by atoms with Gasteiger partial charge in [-0.3, -0.25) is 9.59 Å². The highest BCUT2D eigenvalue weighted by Crippen LogP contribution is 2.13. The Hall–Kier alpha value is -1.06. The number of carbonyl (C=O) groups is 2. The van der Waals surface area contributed by atoms with Crippen molar-refractivity contribution < 1.29 is 9.59 Å². The lowest BCUT2D eigenvalue weighted by atomic mass is 9.95. The molecule has 80 valence electrons. The van der Waals surface area contributed by atoms with E-state index in [-0.39, 0.29) is 17.9 Å². The first-order valence-electron chi connectivity index (χ1n) is 4.96. The van der Waals surface area contributed by atoms with E-state index in [9.17, 15) is 9.59 Å². The highest BCUT2D eigenvalue weighted by molar-refractivity contribution is 5.99. The quantitative estimate of drug-likeness (QED) is 0.676. The Morgan fingerprint density at radius 3 is 2.43 bits per heavy atom. The van der Waals surface area contributed by atoms with Crippen LogP contribution in [-0.2, 0) is 9.59 Å². The van der Waals surface area contributed by atoms with Crippen LogP contribution >= 0.6 is 0 Å². The zero-order chi connectivity index (χ0) is 10.9. The first kappa shape index (κ1) is 11.0. The first-order chi connectivity index (χ1) is 6.33. The van der Waals surface area contributed by atoms with Crippen LogP contribution in [-0.4, -0.2) is 23.4 Å². The predicted octanol–water partition coefficient (Wildman–Crippen LogP) is 0.426. The van der Waals surface area contributed by atoms with E-state index in [0.717, 1.165) is 0 Å². The normalized spacial score (nSPS) is 25.9. The molecule has 1 saturated heterocycles. The molecule has 0 aromatic heterocycles. The lowest BCUT2D eigenvalue weighted by Crippen LogP contribution is -2.66. The molecule has 1 rings (SSSR count). The van der Waals surface area contributed by atoms with Gasteiger partial charge in [0.05, 0.1) is 0 Å². The summed E-state index contributed by atoms with van der Waals surface area (Å²) in [7, 11) is 0. The average molecular weight is 198 g/mol. The smallest absolute Gasteiger partial charge is 0.245 e. The van der Waals surface area contributed by atoms with E-state index in [0.29, 0.717) is 12.3 Å². The van der Waals surface area contributed by atoms with Gasteiger partial charge >= 0.3 is 0 Å². The van der Waals surface area contributed by atoms with Gasteiger partial charge < -0.3 is 10.6 Å². The molecule has 1 aliphatic rings. The molecule has 1 heterocycles. The molecule has 4 nitrogen and oxygen atoms in total. The number of carbonyl (C=O) groups excluding carboxylic acids is 2. The van der Waals surface area contributed by atoms with Gasteiger partial charge in [-0.25, -0.2) is 0 Å². The Balaban J connectivity index is 2.67. The molecular formula is C10H18N2O2. The largest absolute Gasteiger partial charge is 0.342 e. The van der Waals surface area contributed by atoms with Crippen molar-refractivity contribution >= 4 is 11.8 Å². The van der Waals surface area contributed by atoms with Gasteiger partial charge in [-0.15, -0.1) is 0 Å². The molecule has 0 radical (unpaired) electrons. The molecule has 1 fully saturated rings. The minimum Gasteiger partial charge on any atom is -0.342 e. The lowest BCUT2D eigenvalue weighted by Gasteiger charge is -2.35. The second kappa shape index (κ2) is 3.59. The van der Waals surface area contributed by atoms with E-state index >= 15 is 0 Å². The maximum Gasteiger partial charge on any atom is 0.245 e. The van der Waals surface area contributed by atoms with Gasteiger partial charge in [-0.1, -0.05) is 13.8 Å². The summed E-state index contributed by atoms with van der Waals surface area (Å²) in [6, 6.07) is -0.365. The maximum absolute atomic E-state index is 11.6. The summed E-state index contributed by atoms with van der Waals surface area (Å²) in [5, 5.41) is 5.45. The summed E-state index contributed by atoms with van der Waals surface area (Å²) in [6.45, 7) is 7.45. The zero-order valence-corrected chi connectivity index (χ0v) is 9.18. The molecule has 14 heavy (non-hydrogen) atoms. The first-order valence-corrected chi connectivity index (χ1v) is 4.96. The number of hydrogen-bond acceptors (Lipinski definition) is 2. The van der Waals surface area contributed by atoms with Crippen molar-refractivity contribution in [3.63, 3.8) is 0 Å². The molecule has 0 bridgehead atoms. The van der Waals surface area contributed by atoms with Crippen molar-refractivity contribution in [2.24, 2.45) is 5.92 Å². The number of amides is 2. The van der Waals surface area contributed by atoms with Crippen molar-refractivity contribution in [3.05, 3.63) is 0 Å². The summed E-state index contributed by atoms with van der Waals surface area (Å²) in [4.78, 5) is 23.1. The zero-order valence-electron chi connectivity index (χ0n) is 9.18. The van der Waals surface area contributed by atoms with E-state index in [1.54, 1.807) is 13.8 Å². The highest BCUT2D eigenvalue weighted by atomic mass is 16.2. The van der Waals surface area contributed by atoms with E-state index in [2.05, 4.69) is 10.6 Å². The Bertz CT molecular complexity index is 259. The van der Waals surface area contributed by atoms with Gasteiger partial charge in [0.2, 0.25) is 11.8 Å². The minimum atomic E-state index is -0.773. The Morgan fingerprint density at radius 1 is 1.36 bits per heavy atom.